The Labute approximate surface area is 223 Å². The molecule has 194 valence electrons. The second-order valence-electron chi connectivity index (χ2n) is 12.3. The van der Waals surface area contributed by atoms with E-state index in [-0.39, 0.29) is 21.5 Å². The van der Waals surface area contributed by atoms with E-state index in [2.05, 4.69) is 83.2 Å². The first-order valence-corrected chi connectivity index (χ1v) is 14.4. The summed E-state index contributed by atoms with van der Waals surface area (Å²) in [5.74, 6) is 1.41. The van der Waals surface area contributed by atoms with Gasteiger partial charge in [-0.2, -0.15) is 12.6 Å². The van der Waals surface area contributed by atoms with Gasteiger partial charge in [-0.1, -0.05) is 88.3 Å². The number of fused-ring (bicyclic) bond motifs is 1. The lowest BCUT2D eigenvalue weighted by atomic mass is 9.71. The molecule has 0 amide bonds. The van der Waals surface area contributed by atoms with E-state index in [0.29, 0.717) is 5.92 Å². The lowest BCUT2D eigenvalue weighted by Gasteiger charge is -2.34. The Morgan fingerprint density at radius 3 is 2.25 bits per heavy atom. The van der Waals surface area contributed by atoms with Crippen molar-refractivity contribution in [3.8, 4) is 0 Å². The molecule has 3 heterocycles. The highest BCUT2D eigenvalue weighted by molar-refractivity contribution is 7.81. The molecule has 0 saturated heterocycles. The molecule has 0 N–H and O–H groups in total. The van der Waals surface area contributed by atoms with Gasteiger partial charge in [0.25, 0.3) is 0 Å². The first kappa shape index (κ1) is 27.0. The minimum Gasteiger partial charge on any atom is -0.279 e. The van der Waals surface area contributed by atoms with Crippen LogP contribution in [-0.4, -0.2) is 19.6 Å². The molecular weight excluding hydrogens is 458 g/mol. The van der Waals surface area contributed by atoms with Crippen LogP contribution in [0.4, 0.5) is 0 Å². The molecule has 3 atom stereocenters. The Kier molecular flexibility index (Phi) is 6.78. The largest absolute Gasteiger partial charge is 0.279 e. The molecule has 0 spiro atoms. The van der Waals surface area contributed by atoms with Gasteiger partial charge in [0.15, 0.2) is 0 Å². The zero-order valence-corrected chi connectivity index (χ0v) is 25.1. The second-order valence-corrected chi connectivity index (χ2v) is 13.1. The minimum absolute atomic E-state index is 0.102. The molecule has 4 aromatic rings. The molecule has 0 fully saturated rings. The van der Waals surface area contributed by atoms with Crippen LogP contribution in [0.3, 0.4) is 0 Å². The van der Waals surface area contributed by atoms with E-state index in [9.17, 15) is 0 Å². The molecule has 36 heavy (non-hydrogen) atoms. The fraction of sp³-hybridized carbons (Fsp3) is 0.562. The highest BCUT2D eigenvalue weighted by Gasteiger charge is 2.47. The van der Waals surface area contributed by atoms with Crippen LogP contribution in [0.25, 0.3) is 27.6 Å². The number of imidazole rings is 1. The summed E-state index contributed by atoms with van der Waals surface area (Å²) >= 11 is 5.03. The lowest BCUT2D eigenvalue weighted by molar-refractivity contribution is 0.331. The number of rotatable bonds is 1. The summed E-state index contributed by atoms with van der Waals surface area (Å²) in [5, 5.41) is 1.45. The van der Waals surface area contributed by atoms with Crippen LogP contribution in [0.2, 0.25) is 0 Å². The SMILES string of the molecule is CC.CC.CC(S)C1CC2(C)CC(C)(C)c3cc4c(cc32)nc2c3c1cccc3nc(C(C)(C)C)n42. The van der Waals surface area contributed by atoms with E-state index in [1.165, 1.54) is 27.6 Å². The maximum atomic E-state index is 5.29. The van der Waals surface area contributed by atoms with Crippen molar-refractivity contribution in [2.75, 3.05) is 0 Å². The van der Waals surface area contributed by atoms with Crippen LogP contribution in [0.1, 0.15) is 117 Å². The van der Waals surface area contributed by atoms with Gasteiger partial charge in [-0.05, 0) is 64.5 Å². The zero-order chi connectivity index (χ0) is 26.8. The first-order valence-electron chi connectivity index (χ1n) is 13.9. The van der Waals surface area contributed by atoms with E-state index < -0.39 is 0 Å². The number of aromatic nitrogens is 3. The summed E-state index contributed by atoms with van der Waals surface area (Å²) in [5.41, 5.74) is 8.84. The summed E-state index contributed by atoms with van der Waals surface area (Å²) in [6.07, 6.45) is 2.24. The van der Waals surface area contributed by atoms with Gasteiger partial charge in [0.2, 0.25) is 0 Å². The van der Waals surface area contributed by atoms with E-state index in [1.54, 1.807) is 0 Å². The third-order valence-corrected chi connectivity index (χ3v) is 8.42. The molecule has 0 radical (unpaired) electrons. The van der Waals surface area contributed by atoms with Gasteiger partial charge in [0.1, 0.15) is 11.5 Å². The molecule has 0 saturated carbocycles. The van der Waals surface area contributed by atoms with Crippen molar-refractivity contribution in [1.29, 1.82) is 0 Å². The van der Waals surface area contributed by atoms with E-state index in [4.69, 9.17) is 22.6 Å². The van der Waals surface area contributed by atoms with Gasteiger partial charge in [-0.25, -0.2) is 9.97 Å². The molecule has 2 aromatic carbocycles. The van der Waals surface area contributed by atoms with Crippen LogP contribution in [0, 0.1) is 0 Å². The maximum Gasteiger partial charge on any atom is 0.149 e. The summed E-state index contributed by atoms with van der Waals surface area (Å²) in [4.78, 5) is 10.6. The van der Waals surface area contributed by atoms with Crippen molar-refractivity contribution in [3.05, 3.63) is 52.8 Å². The predicted molar refractivity (Wildman–Crippen MR) is 160 cm³/mol. The quantitative estimate of drug-likeness (QED) is 0.262. The number of hydrogen-bond acceptors (Lipinski definition) is 3. The van der Waals surface area contributed by atoms with Crippen LogP contribution in [0.5, 0.6) is 0 Å². The second kappa shape index (κ2) is 9.04. The summed E-state index contributed by atoms with van der Waals surface area (Å²) in [7, 11) is 0. The number of benzene rings is 2. The Balaban J connectivity index is 0.000000726. The average Bonchev–Trinajstić information content (AvgIpc) is 3.29. The molecule has 1 aliphatic carbocycles. The fourth-order valence-electron chi connectivity index (χ4n) is 6.81. The molecule has 3 bridgehead atoms. The standard InChI is InChI=1S/C28H33N3S.2C2H6/c1-15(32)17-13-28(7)14-27(5,6)18-12-22-21(11-19(18)28)29-24-23-16(17)9-8-10-20(23)30-25(31(22)24)26(2,3)4;2*1-2/h8-12,15,17,32H,13-14H2,1-7H3;2*1-2H3. The number of nitrogens with zero attached hydrogens (tertiary/aromatic N) is 3. The van der Waals surface area contributed by atoms with Crippen molar-refractivity contribution in [3.63, 3.8) is 0 Å². The molecule has 3 unspecified atom stereocenters. The first-order chi connectivity index (χ1) is 16.9. The van der Waals surface area contributed by atoms with E-state index >= 15 is 0 Å². The Morgan fingerprint density at radius 2 is 1.64 bits per heavy atom. The molecule has 1 aliphatic heterocycles. The maximum absolute atomic E-state index is 5.29. The number of thiol groups is 1. The van der Waals surface area contributed by atoms with Crippen LogP contribution < -0.4 is 0 Å². The fourth-order valence-corrected chi connectivity index (χ4v) is 7.08. The predicted octanol–water partition coefficient (Wildman–Crippen LogP) is 9.13. The van der Waals surface area contributed by atoms with Gasteiger partial charge < -0.3 is 0 Å². The van der Waals surface area contributed by atoms with Crippen molar-refractivity contribution in [1.82, 2.24) is 14.4 Å². The van der Waals surface area contributed by atoms with Gasteiger partial charge in [0.05, 0.1) is 16.6 Å². The van der Waals surface area contributed by atoms with Crippen molar-refractivity contribution in [2.45, 2.75) is 116 Å². The highest BCUT2D eigenvalue weighted by Crippen LogP contribution is 2.56. The van der Waals surface area contributed by atoms with Gasteiger partial charge in [0, 0.05) is 16.1 Å². The Bertz CT molecular complexity index is 1440. The van der Waals surface area contributed by atoms with Crippen molar-refractivity contribution < 1.29 is 0 Å². The minimum atomic E-state index is -0.102. The molecule has 3 nitrogen and oxygen atoms in total. The average molecular weight is 504 g/mol. The third-order valence-electron chi connectivity index (χ3n) is 8.06. The van der Waals surface area contributed by atoms with Crippen molar-refractivity contribution in [2.24, 2.45) is 0 Å². The van der Waals surface area contributed by atoms with Gasteiger partial charge in [-0.3, -0.25) is 4.40 Å². The molecular formula is C32H45N3S. The summed E-state index contributed by atoms with van der Waals surface area (Å²) in [6, 6.07) is 11.5. The molecule has 6 rings (SSSR count). The monoisotopic (exact) mass is 503 g/mol. The topological polar surface area (TPSA) is 30.2 Å². The van der Waals surface area contributed by atoms with Crippen LogP contribution in [-0.2, 0) is 16.2 Å². The highest BCUT2D eigenvalue weighted by atomic mass is 32.1. The van der Waals surface area contributed by atoms with E-state index in [0.717, 1.165) is 35.3 Å². The van der Waals surface area contributed by atoms with Gasteiger partial charge >= 0.3 is 0 Å². The van der Waals surface area contributed by atoms with Crippen molar-refractivity contribution >= 4 is 40.2 Å². The molecule has 4 heteroatoms. The van der Waals surface area contributed by atoms with E-state index in [1.807, 2.05) is 27.7 Å². The smallest absolute Gasteiger partial charge is 0.149 e. The van der Waals surface area contributed by atoms with Crippen LogP contribution in [0.15, 0.2) is 30.3 Å². The number of hydrogen-bond donors (Lipinski definition) is 1. The molecule has 2 aliphatic rings. The normalized spacial score (nSPS) is 22.7. The Morgan fingerprint density at radius 1 is 0.972 bits per heavy atom. The Hall–Kier alpha value is -2.07. The third kappa shape index (κ3) is 3.86. The van der Waals surface area contributed by atoms with Gasteiger partial charge in [-0.15, -0.1) is 0 Å². The summed E-state index contributed by atoms with van der Waals surface area (Å²) in [6.45, 7) is 24.3. The van der Waals surface area contributed by atoms with Crippen LogP contribution >= 0.6 is 12.6 Å². The lowest BCUT2D eigenvalue weighted by Crippen LogP contribution is -2.27. The summed E-state index contributed by atoms with van der Waals surface area (Å²) < 4.78 is 2.36. The molecule has 2 aromatic heterocycles. The zero-order valence-electron chi connectivity index (χ0n) is 24.2.